The minimum Gasteiger partial charge on any atom is -0.279 e. The molecule has 20 heavy (non-hydrogen) atoms. The van der Waals surface area contributed by atoms with Gasteiger partial charge in [-0.2, -0.15) is 0 Å². The molecular formula is C17H13N3. The van der Waals surface area contributed by atoms with E-state index in [1.54, 1.807) is 0 Å². The highest BCUT2D eigenvalue weighted by atomic mass is 15.2. The predicted molar refractivity (Wildman–Crippen MR) is 79.7 cm³/mol. The van der Waals surface area contributed by atoms with Crippen LogP contribution < -0.4 is 0 Å². The van der Waals surface area contributed by atoms with Crippen LogP contribution in [0.2, 0.25) is 0 Å². The first-order chi connectivity index (χ1) is 9.92. The fourth-order valence-electron chi connectivity index (χ4n) is 2.59. The summed E-state index contributed by atoms with van der Waals surface area (Å²) in [6, 6.07) is 22.8. The summed E-state index contributed by atoms with van der Waals surface area (Å²) in [5.74, 6) is 0.975. The van der Waals surface area contributed by atoms with Crippen LogP contribution in [-0.2, 0) is 6.42 Å². The van der Waals surface area contributed by atoms with E-state index >= 15 is 0 Å². The van der Waals surface area contributed by atoms with Crippen molar-refractivity contribution in [3.63, 3.8) is 0 Å². The number of fused-ring (bicyclic) bond motifs is 3. The summed E-state index contributed by atoms with van der Waals surface area (Å²) in [5.41, 5.74) is 3.30. The van der Waals surface area contributed by atoms with Crippen molar-refractivity contribution in [2.24, 2.45) is 0 Å². The minimum atomic E-state index is 0.788. The molecule has 0 fully saturated rings. The zero-order valence-electron chi connectivity index (χ0n) is 10.9. The summed E-state index contributed by atoms with van der Waals surface area (Å²) >= 11 is 0. The first-order valence-corrected chi connectivity index (χ1v) is 6.67. The highest BCUT2D eigenvalue weighted by Gasteiger charge is 2.08. The van der Waals surface area contributed by atoms with E-state index in [9.17, 15) is 0 Å². The number of hydrogen-bond donors (Lipinski definition) is 0. The van der Waals surface area contributed by atoms with Crippen molar-refractivity contribution >= 4 is 16.6 Å². The molecule has 0 saturated carbocycles. The minimum absolute atomic E-state index is 0.788. The van der Waals surface area contributed by atoms with E-state index in [0.717, 1.165) is 23.4 Å². The van der Waals surface area contributed by atoms with Crippen LogP contribution in [-0.4, -0.2) is 14.6 Å². The van der Waals surface area contributed by atoms with Gasteiger partial charge in [-0.05, 0) is 29.1 Å². The number of benzene rings is 2. The van der Waals surface area contributed by atoms with Gasteiger partial charge in [-0.1, -0.05) is 48.5 Å². The molecule has 0 saturated heterocycles. The normalized spacial score (nSPS) is 11.2. The third-order valence-electron chi connectivity index (χ3n) is 3.55. The van der Waals surface area contributed by atoms with Crippen molar-refractivity contribution in [3.8, 4) is 0 Å². The molecule has 0 aliphatic carbocycles. The number of rotatable bonds is 2. The molecule has 3 nitrogen and oxygen atoms in total. The number of hydrogen-bond acceptors (Lipinski definition) is 2. The number of aromatic nitrogens is 3. The SMILES string of the molecule is c1ccc(Cc2nnc3ccc4ccccc4n23)cc1. The van der Waals surface area contributed by atoms with E-state index < -0.39 is 0 Å². The van der Waals surface area contributed by atoms with E-state index in [0.29, 0.717) is 0 Å². The summed E-state index contributed by atoms with van der Waals surface area (Å²) < 4.78 is 2.14. The molecule has 0 bridgehead atoms. The zero-order chi connectivity index (χ0) is 13.4. The summed E-state index contributed by atoms with van der Waals surface area (Å²) in [5, 5.41) is 9.83. The smallest absolute Gasteiger partial charge is 0.161 e. The van der Waals surface area contributed by atoms with Gasteiger partial charge >= 0.3 is 0 Å². The highest BCUT2D eigenvalue weighted by molar-refractivity contribution is 5.81. The Morgan fingerprint density at radius 1 is 0.750 bits per heavy atom. The van der Waals surface area contributed by atoms with Crippen molar-refractivity contribution in [2.45, 2.75) is 6.42 Å². The standard InChI is InChI=1S/C17H13N3/c1-2-6-13(7-3-1)12-17-19-18-16-11-10-14-8-4-5-9-15(14)20(16)17/h1-11H,12H2. The van der Waals surface area contributed by atoms with Gasteiger partial charge in [0.25, 0.3) is 0 Å². The Hall–Kier alpha value is -2.68. The van der Waals surface area contributed by atoms with Crippen LogP contribution in [0.1, 0.15) is 11.4 Å². The molecule has 2 aromatic heterocycles. The molecule has 4 aromatic rings. The van der Waals surface area contributed by atoms with Crippen LogP contribution in [0.25, 0.3) is 16.6 Å². The average molecular weight is 259 g/mol. The second kappa shape index (κ2) is 4.46. The van der Waals surface area contributed by atoms with Gasteiger partial charge in [0.2, 0.25) is 0 Å². The molecule has 96 valence electrons. The Balaban J connectivity index is 1.94. The molecule has 0 spiro atoms. The van der Waals surface area contributed by atoms with E-state index in [4.69, 9.17) is 0 Å². The Morgan fingerprint density at radius 2 is 1.55 bits per heavy atom. The second-order valence-corrected chi connectivity index (χ2v) is 4.86. The van der Waals surface area contributed by atoms with Crippen LogP contribution in [0.5, 0.6) is 0 Å². The van der Waals surface area contributed by atoms with Crippen molar-refractivity contribution in [3.05, 3.63) is 78.1 Å². The Kier molecular flexibility index (Phi) is 2.49. The summed E-state index contributed by atoms with van der Waals surface area (Å²) in [7, 11) is 0. The molecule has 0 aliphatic heterocycles. The molecule has 0 radical (unpaired) electrons. The summed E-state index contributed by atoms with van der Waals surface area (Å²) in [6.07, 6.45) is 0.788. The lowest BCUT2D eigenvalue weighted by Gasteiger charge is -2.04. The first kappa shape index (κ1) is 11.2. The van der Waals surface area contributed by atoms with E-state index in [1.807, 2.05) is 18.2 Å². The van der Waals surface area contributed by atoms with Crippen LogP contribution >= 0.6 is 0 Å². The third kappa shape index (κ3) is 1.75. The van der Waals surface area contributed by atoms with Crippen LogP contribution in [0, 0.1) is 0 Å². The van der Waals surface area contributed by atoms with Gasteiger partial charge in [0, 0.05) is 6.42 Å². The molecule has 0 unspecified atom stereocenters. The Morgan fingerprint density at radius 3 is 2.45 bits per heavy atom. The number of pyridine rings is 1. The van der Waals surface area contributed by atoms with Crippen molar-refractivity contribution in [1.29, 1.82) is 0 Å². The summed E-state index contributed by atoms with van der Waals surface area (Å²) in [4.78, 5) is 0. The lowest BCUT2D eigenvalue weighted by molar-refractivity contribution is 0.948. The number of para-hydroxylation sites is 1. The van der Waals surface area contributed by atoms with Gasteiger partial charge in [0.1, 0.15) is 5.82 Å². The largest absolute Gasteiger partial charge is 0.279 e. The highest BCUT2D eigenvalue weighted by Crippen LogP contribution is 2.18. The molecule has 0 amide bonds. The van der Waals surface area contributed by atoms with Gasteiger partial charge in [-0.3, -0.25) is 4.40 Å². The topological polar surface area (TPSA) is 30.2 Å². The zero-order valence-corrected chi connectivity index (χ0v) is 10.9. The van der Waals surface area contributed by atoms with Gasteiger partial charge in [0.05, 0.1) is 5.52 Å². The monoisotopic (exact) mass is 259 g/mol. The van der Waals surface area contributed by atoms with Crippen LogP contribution in [0.4, 0.5) is 0 Å². The molecule has 0 atom stereocenters. The summed E-state index contributed by atoms with van der Waals surface area (Å²) in [6.45, 7) is 0. The van der Waals surface area contributed by atoms with Crippen molar-refractivity contribution in [2.75, 3.05) is 0 Å². The average Bonchev–Trinajstić information content (AvgIpc) is 2.92. The maximum atomic E-state index is 4.35. The third-order valence-corrected chi connectivity index (χ3v) is 3.55. The number of nitrogens with zero attached hydrogens (tertiary/aromatic N) is 3. The van der Waals surface area contributed by atoms with E-state index in [-0.39, 0.29) is 0 Å². The van der Waals surface area contributed by atoms with Crippen molar-refractivity contribution < 1.29 is 0 Å². The van der Waals surface area contributed by atoms with Gasteiger partial charge in [-0.15, -0.1) is 10.2 Å². The Bertz CT molecular complexity index is 878. The molecule has 0 N–H and O–H groups in total. The van der Waals surface area contributed by atoms with E-state index in [1.165, 1.54) is 10.9 Å². The van der Waals surface area contributed by atoms with Gasteiger partial charge in [0.15, 0.2) is 5.65 Å². The lowest BCUT2D eigenvalue weighted by atomic mass is 10.1. The lowest BCUT2D eigenvalue weighted by Crippen LogP contribution is -1.97. The van der Waals surface area contributed by atoms with Gasteiger partial charge in [-0.25, -0.2) is 0 Å². The fourth-order valence-corrected chi connectivity index (χ4v) is 2.59. The molecule has 0 aliphatic rings. The maximum absolute atomic E-state index is 4.35. The van der Waals surface area contributed by atoms with Crippen LogP contribution in [0.3, 0.4) is 0 Å². The van der Waals surface area contributed by atoms with E-state index in [2.05, 4.69) is 63.1 Å². The quantitative estimate of drug-likeness (QED) is 0.551. The molecule has 2 heterocycles. The molecule has 3 heteroatoms. The molecular weight excluding hydrogens is 246 g/mol. The predicted octanol–water partition coefficient (Wildman–Crippen LogP) is 3.47. The molecule has 4 rings (SSSR count). The maximum Gasteiger partial charge on any atom is 0.161 e. The van der Waals surface area contributed by atoms with Gasteiger partial charge < -0.3 is 0 Å². The Labute approximate surface area is 116 Å². The fraction of sp³-hybridized carbons (Fsp3) is 0.0588. The van der Waals surface area contributed by atoms with Crippen molar-refractivity contribution in [1.82, 2.24) is 14.6 Å². The first-order valence-electron chi connectivity index (χ1n) is 6.67. The second-order valence-electron chi connectivity index (χ2n) is 4.86. The molecule has 2 aromatic carbocycles. The van der Waals surface area contributed by atoms with Crippen LogP contribution in [0.15, 0.2) is 66.7 Å².